The van der Waals surface area contributed by atoms with Gasteiger partial charge in [-0.15, -0.1) is 0 Å². The number of aryl methyl sites for hydroxylation is 2. The second kappa shape index (κ2) is 11.0. The third-order valence-electron chi connectivity index (χ3n) is 7.09. The standard InChI is InChI=1S/C27H33N3O7/c1-16-12-18(13-17(2)24(16)31)14-23(25(32)33)37-27(35)29-9-7-20(8-10-29)30-11-6-19-15-21(36-3)4-5-22(19)28-26(30)34/h4-5,12-13,15,20,23,31H,6-11,14H2,1-3H3,(H,28,34)(H,32,33)/t23-/m1/s1. The first kappa shape index (κ1) is 26.1. The number of ether oxygens (including phenoxy) is 2. The third-order valence-corrected chi connectivity index (χ3v) is 7.09. The van der Waals surface area contributed by atoms with Gasteiger partial charge in [0.1, 0.15) is 11.5 Å². The fraction of sp³-hybridized carbons (Fsp3) is 0.444. The summed E-state index contributed by atoms with van der Waals surface area (Å²) in [7, 11) is 1.61. The Kier molecular flexibility index (Phi) is 7.75. The van der Waals surface area contributed by atoms with Gasteiger partial charge in [0, 0.05) is 37.8 Å². The fourth-order valence-electron chi connectivity index (χ4n) is 5.02. The van der Waals surface area contributed by atoms with Crippen molar-refractivity contribution >= 4 is 23.8 Å². The van der Waals surface area contributed by atoms with Gasteiger partial charge in [-0.1, -0.05) is 12.1 Å². The number of likely N-dealkylation sites (tertiary alicyclic amines) is 1. The number of phenols is 1. The van der Waals surface area contributed by atoms with Gasteiger partial charge in [0.2, 0.25) is 6.10 Å². The first-order valence-electron chi connectivity index (χ1n) is 12.4. The number of aromatic hydroxyl groups is 1. The van der Waals surface area contributed by atoms with Gasteiger partial charge in [-0.2, -0.15) is 0 Å². The van der Waals surface area contributed by atoms with E-state index in [0.717, 1.165) is 17.0 Å². The number of carboxylic acid groups (broad SMARTS) is 1. The van der Waals surface area contributed by atoms with E-state index >= 15 is 0 Å². The first-order chi connectivity index (χ1) is 17.7. The van der Waals surface area contributed by atoms with Crippen molar-refractivity contribution in [3.63, 3.8) is 0 Å². The van der Waals surface area contributed by atoms with Crippen molar-refractivity contribution in [2.75, 3.05) is 32.1 Å². The number of hydrogen-bond donors (Lipinski definition) is 3. The number of rotatable bonds is 6. The van der Waals surface area contributed by atoms with Crippen LogP contribution in [0.1, 0.15) is 35.1 Å². The molecule has 3 amide bonds. The molecule has 1 saturated heterocycles. The Bertz CT molecular complexity index is 1170. The Hall–Kier alpha value is -3.95. The van der Waals surface area contributed by atoms with E-state index in [1.807, 2.05) is 23.1 Å². The minimum atomic E-state index is -1.35. The van der Waals surface area contributed by atoms with Crippen LogP contribution in [0.4, 0.5) is 15.3 Å². The first-order valence-corrected chi connectivity index (χ1v) is 12.4. The summed E-state index contributed by atoms with van der Waals surface area (Å²) in [5.74, 6) is -0.329. The number of amides is 3. The number of phenolic OH excluding ortho intramolecular Hbond substituents is 1. The second-order valence-electron chi connectivity index (χ2n) is 9.61. The van der Waals surface area contributed by atoms with Crippen molar-refractivity contribution in [3.05, 3.63) is 52.6 Å². The molecule has 37 heavy (non-hydrogen) atoms. The maximum absolute atomic E-state index is 12.9. The van der Waals surface area contributed by atoms with E-state index in [1.54, 1.807) is 33.1 Å². The van der Waals surface area contributed by atoms with Gasteiger partial charge in [0.25, 0.3) is 0 Å². The van der Waals surface area contributed by atoms with E-state index in [-0.39, 0.29) is 24.2 Å². The molecule has 10 heteroatoms. The van der Waals surface area contributed by atoms with E-state index in [0.29, 0.717) is 55.6 Å². The number of piperidine rings is 1. The van der Waals surface area contributed by atoms with Crippen molar-refractivity contribution in [2.24, 2.45) is 0 Å². The predicted octanol–water partition coefficient (Wildman–Crippen LogP) is 3.70. The summed E-state index contributed by atoms with van der Waals surface area (Å²) in [4.78, 5) is 40.8. The van der Waals surface area contributed by atoms with Crippen molar-refractivity contribution in [3.8, 4) is 11.5 Å². The molecule has 1 fully saturated rings. The average Bonchev–Trinajstić information content (AvgIpc) is 3.04. The highest BCUT2D eigenvalue weighted by Crippen LogP contribution is 2.28. The molecule has 0 unspecified atom stereocenters. The van der Waals surface area contributed by atoms with Gasteiger partial charge >= 0.3 is 18.1 Å². The quantitative estimate of drug-likeness (QED) is 0.539. The largest absolute Gasteiger partial charge is 0.507 e. The highest BCUT2D eigenvalue weighted by Gasteiger charge is 2.33. The van der Waals surface area contributed by atoms with Crippen molar-refractivity contribution in [1.29, 1.82) is 0 Å². The molecule has 0 aromatic heterocycles. The molecule has 2 heterocycles. The summed E-state index contributed by atoms with van der Waals surface area (Å²) in [6.07, 6.45) is -0.214. The molecular formula is C27H33N3O7. The number of fused-ring (bicyclic) bond motifs is 1. The van der Waals surface area contributed by atoms with Gasteiger partial charge in [0.05, 0.1) is 7.11 Å². The summed E-state index contributed by atoms with van der Waals surface area (Å²) in [5.41, 5.74) is 3.71. The van der Waals surface area contributed by atoms with E-state index in [2.05, 4.69) is 5.32 Å². The number of carbonyl (C=O) groups is 3. The SMILES string of the molecule is COc1ccc2c(c1)CCN(C1CCN(C(=O)O[C@H](Cc3cc(C)c(O)c(C)c3)C(=O)O)CC1)C(=O)N2. The van der Waals surface area contributed by atoms with E-state index < -0.39 is 18.2 Å². The summed E-state index contributed by atoms with van der Waals surface area (Å²) in [6, 6.07) is 8.75. The lowest BCUT2D eigenvalue weighted by Gasteiger charge is -2.37. The summed E-state index contributed by atoms with van der Waals surface area (Å²) < 4.78 is 10.7. The fourth-order valence-corrected chi connectivity index (χ4v) is 5.02. The zero-order valence-corrected chi connectivity index (χ0v) is 21.3. The molecule has 2 aliphatic rings. The average molecular weight is 512 g/mol. The van der Waals surface area contributed by atoms with Crippen molar-refractivity contribution in [2.45, 2.75) is 51.7 Å². The van der Waals surface area contributed by atoms with Crippen LogP contribution in [-0.2, 0) is 22.4 Å². The monoisotopic (exact) mass is 511 g/mol. The van der Waals surface area contributed by atoms with Crippen LogP contribution in [0.15, 0.2) is 30.3 Å². The molecule has 0 aliphatic carbocycles. The lowest BCUT2D eigenvalue weighted by atomic mass is 10.0. The van der Waals surface area contributed by atoms with Crippen LogP contribution in [0.2, 0.25) is 0 Å². The Morgan fingerprint density at radius 2 is 1.78 bits per heavy atom. The van der Waals surface area contributed by atoms with Gasteiger partial charge in [-0.05, 0) is 73.6 Å². The molecule has 0 spiro atoms. The summed E-state index contributed by atoms with van der Waals surface area (Å²) in [5, 5.41) is 22.6. The molecule has 1 atom stereocenters. The van der Waals surface area contributed by atoms with Gasteiger partial charge in [-0.3, -0.25) is 0 Å². The number of urea groups is 1. The van der Waals surface area contributed by atoms with Crippen LogP contribution < -0.4 is 10.1 Å². The van der Waals surface area contributed by atoms with Crippen molar-refractivity contribution < 1.29 is 34.1 Å². The maximum Gasteiger partial charge on any atom is 0.410 e. The third kappa shape index (κ3) is 5.90. The van der Waals surface area contributed by atoms with E-state index in [9.17, 15) is 24.6 Å². The molecule has 3 N–H and O–H groups in total. The number of aliphatic carboxylic acids is 1. The van der Waals surface area contributed by atoms with Crippen LogP contribution in [-0.4, -0.2) is 77.0 Å². The highest BCUT2D eigenvalue weighted by molar-refractivity contribution is 5.91. The molecule has 4 rings (SSSR count). The second-order valence-corrected chi connectivity index (χ2v) is 9.61. The lowest BCUT2D eigenvalue weighted by molar-refractivity contribution is -0.147. The number of methoxy groups -OCH3 is 1. The highest BCUT2D eigenvalue weighted by atomic mass is 16.6. The van der Waals surface area contributed by atoms with Gasteiger partial charge in [0.15, 0.2) is 0 Å². The number of nitrogens with zero attached hydrogens (tertiary/aromatic N) is 2. The summed E-state index contributed by atoms with van der Waals surface area (Å²) in [6.45, 7) is 4.74. The Morgan fingerprint density at radius 3 is 2.41 bits per heavy atom. The molecule has 2 aromatic carbocycles. The van der Waals surface area contributed by atoms with Crippen LogP contribution >= 0.6 is 0 Å². The Labute approximate surface area is 215 Å². The van der Waals surface area contributed by atoms with Crippen LogP contribution in [0.3, 0.4) is 0 Å². The van der Waals surface area contributed by atoms with Crippen LogP contribution in [0, 0.1) is 13.8 Å². The van der Waals surface area contributed by atoms with E-state index in [1.165, 1.54) is 4.90 Å². The number of carboxylic acids is 1. The number of nitrogens with one attached hydrogen (secondary N) is 1. The normalized spacial score (nSPS) is 16.9. The molecular weight excluding hydrogens is 478 g/mol. The number of benzene rings is 2. The Morgan fingerprint density at radius 1 is 1.11 bits per heavy atom. The van der Waals surface area contributed by atoms with Crippen molar-refractivity contribution in [1.82, 2.24) is 9.80 Å². The van der Waals surface area contributed by atoms with Crippen LogP contribution in [0.25, 0.3) is 0 Å². The van der Waals surface area contributed by atoms with Gasteiger partial charge < -0.3 is 34.8 Å². The number of anilines is 1. The Balaban J connectivity index is 1.34. The minimum absolute atomic E-state index is 0.00120. The zero-order chi connectivity index (χ0) is 26.7. The molecule has 2 aromatic rings. The molecule has 0 radical (unpaired) electrons. The topological polar surface area (TPSA) is 129 Å². The summed E-state index contributed by atoms with van der Waals surface area (Å²) >= 11 is 0. The molecule has 0 bridgehead atoms. The van der Waals surface area contributed by atoms with E-state index in [4.69, 9.17) is 9.47 Å². The molecule has 10 nitrogen and oxygen atoms in total. The minimum Gasteiger partial charge on any atom is -0.507 e. The molecule has 198 valence electrons. The van der Waals surface area contributed by atoms with Crippen LogP contribution in [0.5, 0.6) is 11.5 Å². The molecule has 0 saturated carbocycles. The lowest BCUT2D eigenvalue weighted by Crippen LogP contribution is -2.50. The van der Waals surface area contributed by atoms with Gasteiger partial charge in [-0.25, -0.2) is 14.4 Å². The number of carbonyl (C=O) groups excluding carboxylic acids is 2. The number of hydrogen-bond acceptors (Lipinski definition) is 6. The molecule has 2 aliphatic heterocycles. The predicted molar refractivity (Wildman–Crippen MR) is 136 cm³/mol. The zero-order valence-electron chi connectivity index (χ0n) is 21.3. The maximum atomic E-state index is 12.9. The smallest absolute Gasteiger partial charge is 0.410 e.